The molecule has 2 aliphatic rings. The van der Waals surface area contributed by atoms with Crippen molar-refractivity contribution < 1.29 is 27.7 Å². The Bertz CT molecular complexity index is 978. The Morgan fingerprint density at radius 2 is 1.84 bits per heavy atom. The maximum Gasteiger partial charge on any atom is 0.331 e. The molecular formula is C20H27N3O7S. The topological polar surface area (TPSA) is 136 Å². The number of nitro groups is 1. The zero-order chi connectivity index (χ0) is 22.8. The van der Waals surface area contributed by atoms with Crippen LogP contribution in [-0.2, 0) is 24.3 Å². The fourth-order valence-electron chi connectivity index (χ4n) is 4.37. The number of hydrogen-bond acceptors (Lipinski definition) is 7. The summed E-state index contributed by atoms with van der Waals surface area (Å²) in [5, 5.41) is 13.9. The van der Waals surface area contributed by atoms with E-state index in [9.17, 15) is 28.1 Å². The van der Waals surface area contributed by atoms with E-state index in [1.54, 1.807) is 6.92 Å². The number of piperidine rings is 1. The molecular weight excluding hydrogens is 426 g/mol. The van der Waals surface area contributed by atoms with Crippen molar-refractivity contribution in [1.29, 1.82) is 0 Å². The molecule has 1 aliphatic carbocycles. The largest absolute Gasteiger partial charge is 0.467 e. The van der Waals surface area contributed by atoms with Gasteiger partial charge in [0.15, 0.2) is 0 Å². The lowest BCUT2D eigenvalue weighted by molar-refractivity contribution is -0.385. The minimum atomic E-state index is -3.93. The number of nitrogens with one attached hydrogen (secondary N) is 1. The van der Waals surface area contributed by atoms with E-state index in [2.05, 4.69) is 5.32 Å². The number of hydrogen-bond donors (Lipinski definition) is 1. The molecule has 170 valence electrons. The van der Waals surface area contributed by atoms with Crippen LogP contribution in [0.3, 0.4) is 0 Å². The van der Waals surface area contributed by atoms with E-state index in [0.717, 1.165) is 18.9 Å². The summed E-state index contributed by atoms with van der Waals surface area (Å²) in [5.74, 6) is -1.13. The highest BCUT2D eigenvalue weighted by atomic mass is 32.2. The first kappa shape index (κ1) is 23.1. The second kappa shape index (κ2) is 8.91. The van der Waals surface area contributed by atoms with E-state index < -0.39 is 32.4 Å². The number of ether oxygens (including phenoxy) is 1. The number of aryl methyl sites for hydroxylation is 1. The molecule has 31 heavy (non-hydrogen) atoms. The molecule has 1 aliphatic heterocycles. The lowest BCUT2D eigenvalue weighted by Crippen LogP contribution is -2.55. The highest BCUT2D eigenvalue weighted by Gasteiger charge is 2.45. The molecule has 11 heteroatoms. The van der Waals surface area contributed by atoms with E-state index in [1.165, 1.54) is 23.5 Å². The van der Waals surface area contributed by atoms with Gasteiger partial charge in [0.25, 0.3) is 5.69 Å². The first-order chi connectivity index (χ1) is 14.6. The minimum absolute atomic E-state index is 0.0970. The first-order valence-electron chi connectivity index (χ1n) is 10.3. The van der Waals surface area contributed by atoms with Gasteiger partial charge in [0.05, 0.1) is 16.9 Å². The summed E-state index contributed by atoms with van der Waals surface area (Å²) in [4.78, 5) is 35.4. The number of non-ortho nitro benzene ring substituents is 1. The average molecular weight is 454 g/mol. The van der Waals surface area contributed by atoms with E-state index in [1.807, 2.05) is 0 Å². The second-order valence-electron chi connectivity index (χ2n) is 8.16. The normalized spacial score (nSPS) is 19.7. The second-order valence-corrected chi connectivity index (χ2v) is 10.1. The summed E-state index contributed by atoms with van der Waals surface area (Å²) in [7, 11) is -2.63. The lowest BCUT2D eigenvalue weighted by atomic mass is 9.92. The summed E-state index contributed by atoms with van der Waals surface area (Å²) in [6.07, 6.45) is 3.32. The Morgan fingerprint density at radius 3 is 2.39 bits per heavy atom. The Hall–Kier alpha value is -2.53. The Labute approximate surface area is 181 Å². The molecule has 0 atom stereocenters. The first-order valence-corrected chi connectivity index (χ1v) is 11.7. The zero-order valence-corrected chi connectivity index (χ0v) is 18.4. The zero-order valence-electron chi connectivity index (χ0n) is 17.6. The Balaban J connectivity index is 1.69. The fraction of sp³-hybridized carbons (Fsp3) is 0.600. The number of nitro benzene ring substituents is 1. The molecule has 1 aromatic carbocycles. The molecule has 1 N–H and O–H groups in total. The minimum Gasteiger partial charge on any atom is -0.467 e. The van der Waals surface area contributed by atoms with Gasteiger partial charge < -0.3 is 10.1 Å². The van der Waals surface area contributed by atoms with Crippen LogP contribution in [0.15, 0.2) is 23.1 Å². The molecule has 0 radical (unpaired) electrons. The summed E-state index contributed by atoms with van der Waals surface area (Å²) in [5.41, 5.74) is -0.857. The van der Waals surface area contributed by atoms with Crippen molar-refractivity contribution in [3.8, 4) is 0 Å². The van der Waals surface area contributed by atoms with Gasteiger partial charge in [-0.2, -0.15) is 4.31 Å². The predicted molar refractivity (Wildman–Crippen MR) is 111 cm³/mol. The van der Waals surface area contributed by atoms with Crippen LogP contribution in [0.5, 0.6) is 0 Å². The van der Waals surface area contributed by atoms with Gasteiger partial charge in [0.1, 0.15) is 5.54 Å². The number of esters is 1. The quantitative estimate of drug-likeness (QED) is 0.395. The third-order valence-electron chi connectivity index (χ3n) is 6.22. The Morgan fingerprint density at radius 1 is 1.23 bits per heavy atom. The van der Waals surface area contributed by atoms with Gasteiger partial charge in [0, 0.05) is 31.1 Å². The van der Waals surface area contributed by atoms with Crippen LogP contribution in [-0.4, -0.2) is 55.3 Å². The van der Waals surface area contributed by atoms with Crippen molar-refractivity contribution in [1.82, 2.24) is 9.62 Å². The van der Waals surface area contributed by atoms with Gasteiger partial charge in [-0.3, -0.25) is 14.9 Å². The number of sulfonamides is 1. The molecule has 1 saturated carbocycles. The van der Waals surface area contributed by atoms with Crippen LogP contribution in [0, 0.1) is 23.0 Å². The van der Waals surface area contributed by atoms with Crippen LogP contribution in [0.2, 0.25) is 0 Å². The summed E-state index contributed by atoms with van der Waals surface area (Å²) >= 11 is 0. The molecule has 0 unspecified atom stereocenters. The molecule has 3 rings (SSSR count). The van der Waals surface area contributed by atoms with Crippen molar-refractivity contribution in [3.05, 3.63) is 33.9 Å². The highest BCUT2D eigenvalue weighted by molar-refractivity contribution is 7.89. The molecule has 1 saturated heterocycles. The van der Waals surface area contributed by atoms with E-state index in [0.29, 0.717) is 31.2 Å². The lowest BCUT2D eigenvalue weighted by Gasteiger charge is -2.33. The summed E-state index contributed by atoms with van der Waals surface area (Å²) in [6, 6.07) is 3.76. The number of carbonyl (C=O) groups excluding carboxylic acids is 2. The molecule has 2 fully saturated rings. The number of amides is 1. The van der Waals surface area contributed by atoms with Gasteiger partial charge in [-0.05, 0) is 38.2 Å². The standard InChI is InChI=1S/C20H27N3O7S/c1-14-5-6-16(23(26)27)13-17(14)31(28,29)22-11-7-15(8-12-22)18(24)21-20(19(25)30-2)9-3-4-10-20/h5-6,13,15H,3-4,7-12H2,1-2H3,(H,21,24). The predicted octanol–water partition coefficient (Wildman–Crippen LogP) is 1.91. The molecule has 0 aromatic heterocycles. The smallest absolute Gasteiger partial charge is 0.331 e. The van der Waals surface area contributed by atoms with Gasteiger partial charge in [-0.25, -0.2) is 13.2 Å². The average Bonchev–Trinajstić information content (AvgIpc) is 3.22. The van der Waals surface area contributed by atoms with Crippen LogP contribution >= 0.6 is 0 Å². The maximum absolute atomic E-state index is 13.1. The molecule has 0 spiro atoms. The van der Waals surface area contributed by atoms with Crippen molar-refractivity contribution in [2.75, 3.05) is 20.2 Å². The van der Waals surface area contributed by atoms with Gasteiger partial charge in [0.2, 0.25) is 15.9 Å². The van der Waals surface area contributed by atoms with Crippen LogP contribution < -0.4 is 5.32 Å². The van der Waals surface area contributed by atoms with Crippen molar-refractivity contribution in [3.63, 3.8) is 0 Å². The number of rotatable bonds is 6. The van der Waals surface area contributed by atoms with E-state index in [-0.39, 0.29) is 29.6 Å². The van der Waals surface area contributed by atoms with Crippen molar-refractivity contribution in [2.24, 2.45) is 5.92 Å². The monoisotopic (exact) mass is 453 g/mol. The van der Waals surface area contributed by atoms with E-state index in [4.69, 9.17) is 4.74 Å². The van der Waals surface area contributed by atoms with Gasteiger partial charge in [-0.1, -0.05) is 18.9 Å². The third kappa shape index (κ3) is 4.57. The fourth-order valence-corrected chi connectivity index (χ4v) is 6.08. The number of benzene rings is 1. The summed E-state index contributed by atoms with van der Waals surface area (Å²) < 4.78 is 32.3. The highest BCUT2D eigenvalue weighted by Crippen LogP contribution is 2.33. The SMILES string of the molecule is COC(=O)C1(NC(=O)C2CCN(S(=O)(=O)c3cc([N+](=O)[O-])ccc3C)CC2)CCCC1. The molecule has 0 bridgehead atoms. The number of methoxy groups -OCH3 is 1. The van der Waals surface area contributed by atoms with Gasteiger partial charge in [-0.15, -0.1) is 0 Å². The molecule has 1 aromatic rings. The van der Waals surface area contributed by atoms with Crippen molar-refractivity contribution >= 4 is 27.6 Å². The molecule has 10 nitrogen and oxygen atoms in total. The Kier molecular flexibility index (Phi) is 6.65. The van der Waals surface area contributed by atoms with Crippen LogP contribution in [0.1, 0.15) is 44.1 Å². The van der Waals surface area contributed by atoms with E-state index >= 15 is 0 Å². The van der Waals surface area contributed by atoms with Crippen molar-refractivity contribution in [2.45, 2.75) is 55.9 Å². The third-order valence-corrected chi connectivity index (χ3v) is 8.26. The maximum atomic E-state index is 13.1. The molecule has 1 amide bonds. The number of carbonyl (C=O) groups is 2. The van der Waals surface area contributed by atoms with Gasteiger partial charge >= 0.3 is 5.97 Å². The van der Waals surface area contributed by atoms with Crippen LogP contribution in [0.25, 0.3) is 0 Å². The number of nitrogens with zero attached hydrogens (tertiary/aromatic N) is 2. The summed E-state index contributed by atoms with van der Waals surface area (Å²) in [6.45, 7) is 1.83. The molecule has 1 heterocycles. The van der Waals surface area contributed by atoms with Crippen LogP contribution in [0.4, 0.5) is 5.69 Å².